The SMILES string of the molecule is CCOCCOCCOc1ccc(CCC[C@@H](C(=O)OC)N2CCN([C@H](CO)C(=O)OC)CCN([C@H](CO)C(=O)OC)CCN([C@@H](CO)C(=O)OC)CC2)cc1.CCOCCOCCOc1ccc(CCC[C@@H](C(=O)OC)N2CCN([C@H](COC(C)(C)C)C(=O)OC)CCN([C@H](COC(C)(C)C)C(=O)OC)CCN([C@@H](COC(C)(C)C)C(=O)OC)CC2)cc1. The average Bonchev–Trinajstić information content (AvgIpc) is 0.832. The highest BCUT2D eigenvalue weighted by Crippen LogP contribution is 2.24. The zero-order chi connectivity index (χ0) is 92.2. The van der Waals surface area contributed by atoms with Gasteiger partial charge in [0.2, 0.25) is 0 Å². The molecule has 0 bridgehead atoms. The first-order chi connectivity index (χ1) is 59.2. The number of carbonyl (C=O) groups excluding carboxylic acids is 8. The molecule has 2 aromatic carbocycles. The largest absolute Gasteiger partial charge is 0.491 e. The van der Waals surface area contributed by atoms with Crippen molar-refractivity contribution in [2.45, 2.75) is 180 Å². The normalized spacial score (nSPS) is 17.6. The molecule has 0 aromatic heterocycles. The number of ether oxygens (including phenoxy) is 17. The molecule has 8 atom stereocenters. The fraction of sp³-hybridized carbons (Fsp3) is 0.773. The van der Waals surface area contributed by atoms with Gasteiger partial charge in [-0.25, -0.2) is 0 Å². The van der Waals surface area contributed by atoms with E-state index in [0.29, 0.717) is 150 Å². The van der Waals surface area contributed by atoms with Gasteiger partial charge in [0, 0.05) is 118 Å². The molecule has 0 spiro atoms. The molecule has 0 unspecified atom stereocenters. The van der Waals surface area contributed by atoms with Gasteiger partial charge >= 0.3 is 47.8 Å². The summed E-state index contributed by atoms with van der Waals surface area (Å²) in [5, 5.41) is 30.8. The Hall–Kier alpha value is -6.92. The van der Waals surface area contributed by atoms with E-state index < -0.39 is 133 Å². The molecule has 124 heavy (non-hydrogen) atoms. The smallest absolute Gasteiger partial charge is 0.325 e. The lowest BCUT2D eigenvalue weighted by molar-refractivity contribution is -0.157. The second-order valence-electron chi connectivity index (χ2n) is 32.8. The molecule has 0 radical (unpaired) electrons. The first-order valence-electron chi connectivity index (χ1n) is 43.2. The van der Waals surface area contributed by atoms with E-state index in [4.69, 9.17) is 80.5 Å². The molecular weight excluding hydrogens is 1620 g/mol. The number of aliphatic hydroxyl groups is 3. The zero-order valence-electron chi connectivity index (χ0n) is 77.7. The van der Waals surface area contributed by atoms with E-state index in [2.05, 4.69) is 4.90 Å². The lowest BCUT2D eigenvalue weighted by Gasteiger charge is -2.41. The van der Waals surface area contributed by atoms with Crippen LogP contribution in [-0.2, 0) is 122 Å². The van der Waals surface area contributed by atoms with E-state index in [1.165, 1.54) is 56.9 Å². The summed E-state index contributed by atoms with van der Waals surface area (Å²) in [6.45, 7) is 28.6. The molecule has 3 N–H and O–H groups in total. The predicted molar refractivity (Wildman–Crippen MR) is 462 cm³/mol. The number of esters is 8. The summed E-state index contributed by atoms with van der Waals surface area (Å²) < 4.78 is 93.6. The van der Waals surface area contributed by atoms with Gasteiger partial charge in [-0.05, 0) is 150 Å². The second-order valence-corrected chi connectivity index (χ2v) is 32.8. The number of rotatable bonds is 49. The molecule has 2 saturated heterocycles. The lowest BCUT2D eigenvalue weighted by atomic mass is 10.0. The van der Waals surface area contributed by atoms with Gasteiger partial charge in [0.05, 0.1) is 153 Å². The second kappa shape index (κ2) is 61.5. The fourth-order valence-corrected chi connectivity index (χ4v) is 14.1. The molecule has 0 aliphatic carbocycles. The summed E-state index contributed by atoms with van der Waals surface area (Å²) >= 11 is 0. The summed E-state index contributed by atoms with van der Waals surface area (Å²) in [4.78, 5) is 122. The van der Waals surface area contributed by atoms with E-state index in [1.807, 2.05) is 144 Å². The lowest BCUT2D eigenvalue weighted by Crippen LogP contribution is -2.58. The van der Waals surface area contributed by atoms with Crippen LogP contribution >= 0.6 is 0 Å². The van der Waals surface area contributed by atoms with Crippen LogP contribution in [0.15, 0.2) is 48.5 Å². The third kappa shape index (κ3) is 42.8. The highest BCUT2D eigenvalue weighted by Gasteiger charge is 2.40. The van der Waals surface area contributed by atoms with Gasteiger partial charge in [-0.2, -0.15) is 0 Å². The number of aryl methyl sites for hydroxylation is 2. The quantitative estimate of drug-likeness (QED) is 0.0487. The minimum Gasteiger partial charge on any atom is -0.491 e. The van der Waals surface area contributed by atoms with Crippen LogP contribution < -0.4 is 9.47 Å². The number of aliphatic hydroxyl groups excluding tert-OH is 3. The molecule has 2 aliphatic rings. The van der Waals surface area contributed by atoms with E-state index in [1.54, 1.807) is 14.7 Å². The Balaban J connectivity index is 0.000000652. The topological polar surface area (TPSA) is 380 Å². The van der Waals surface area contributed by atoms with Gasteiger partial charge in [0.15, 0.2) is 0 Å². The molecule has 0 amide bonds. The van der Waals surface area contributed by atoms with Crippen molar-refractivity contribution < 1.29 is 134 Å². The maximum absolute atomic E-state index is 13.9. The Morgan fingerprint density at radius 3 is 0.694 bits per heavy atom. The summed E-state index contributed by atoms with van der Waals surface area (Å²) in [6, 6.07) is 8.60. The first-order valence-corrected chi connectivity index (χ1v) is 43.2. The van der Waals surface area contributed by atoms with E-state index in [-0.39, 0.29) is 85.3 Å². The number of methoxy groups -OCH3 is 8. The maximum Gasteiger partial charge on any atom is 0.325 e. The molecule has 36 heteroatoms. The number of hydrogen-bond donors (Lipinski definition) is 3. The molecule has 2 aliphatic heterocycles. The van der Waals surface area contributed by atoms with Crippen molar-refractivity contribution in [3.63, 3.8) is 0 Å². The van der Waals surface area contributed by atoms with Gasteiger partial charge in [-0.15, -0.1) is 0 Å². The van der Waals surface area contributed by atoms with Crippen LogP contribution in [0.25, 0.3) is 0 Å². The van der Waals surface area contributed by atoms with Crippen LogP contribution in [0.2, 0.25) is 0 Å². The van der Waals surface area contributed by atoms with E-state index in [9.17, 15) is 53.7 Å². The maximum atomic E-state index is 13.9. The molecule has 2 aromatic rings. The Morgan fingerprint density at radius 1 is 0.290 bits per heavy atom. The number of benzene rings is 2. The van der Waals surface area contributed by atoms with Crippen LogP contribution in [0.3, 0.4) is 0 Å². The van der Waals surface area contributed by atoms with E-state index >= 15 is 0 Å². The fourth-order valence-electron chi connectivity index (χ4n) is 14.1. The predicted octanol–water partition coefficient (Wildman–Crippen LogP) is 3.08. The summed E-state index contributed by atoms with van der Waals surface area (Å²) in [6.07, 6.45) is 3.51. The standard InChI is InChI=1S/C50H88N4O14.C38H64N4O14/c1-15-63-31-32-64-33-34-65-39-21-19-38(20-22-39)17-16-18-40(44(55)59-11)51-23-25-52(41(45(56)60-12)35-66-48(2,3)4)27-29-54(43(47(58)62-14)37-68-50(8,9)10)30-28-53(26-24-51)42(46(57)61-13)36-67-49(5,6)7;1-6-54-22-23-55-24-25-56-30-12-10-29(11-13-30)8-7-9-31(35(46)50-2)39-14-16-40(32(26-43)36(47)51-3)18-20-42(34(28-45)38(49)53-5)21-19-41(17-15-39)33(27-44)37(48)52-4/h19-22,40-43H,15-18,23-37H2,1-14H3;10-13,31-34,43-45H,6-9,14-28H2,1-5H3/t40-,41-,42+,43+;31-,32-,33+,34+/m00/s1. The third-order valence-corrected chi connectivity index (χ3v) is 21.1. The molecule has 2 fully saturated rings. The summed E-state index contributed by atoms with van der Waals surface area (Å²) in [5.41, 5.74) is 0.453. The van der Waals surface area contributed by atoms with Gasteiger partial charge in [0.1, 0.15) is 73.0 Å². The summed E-state index contributed by atoms with van der Waals surface area (Å²) in [7, 11) is 10.4. The summed E-state index contributed by atoms with van der Waals surface area (Å²) in [5.74, 6) is -2.83. The number of nitrogens with zero attached hydrogens (tertiary/aromatic N) is 8. The van der Waals surface area contributed by atoms with E-state index in [0.717, 1.165) is 16.9 Å². The van der Waals surface area contributed by atoms with Crippen molar-refractivity contribution in [3.05, 3.63) is 59.7 Å². The van der Waals surface area contributed by atoms with Crippen molar-refractivity contribution >= 4 is 47.8 Å². The third-order valence-electron chi connectivity index (χ3n) is 21.1. The Kier molecular flexibility index (Phi) is 55.2. The number of carbonyl (C=O) groups is 8. The molecule has 2 heterocycles. The van der Waals surface area contributed by atoms with Crippen molar-refractivity contribution in [2.24, 2.45) is 0 Å². The van der Waals surface area contributed by atoms with Crippen LogP contribution in [0.1, 0.15) is 113 Å². The Bertz CT molecular complexity index is 3200. The highest BCUT2D eigenvalue weighted by atomic mass is 16.6. The molecule has 712 valence electrons. The number of hydrogen-bond acceptors (Lipinski definition) is 36. The van der Waals surface area contributed by atoms with Crippen LogP contribution in [-0.4, -0.2) is 435 Å². The average molecular weight is 1770 g/mol. The van der Waals surface area contributed by atoms with Crippen molar-refractivity contribution in [3.8, 4) is 11.5 Å². The van der Waals surface area contributed by atoms with Crippen molar-refractivity contribution in [1.82, 2.24) is 39.2 Å². The minimum atomic E-state index is -1.07. The molecular formula is C88H152N8O28. The minimum absolute atomic E-state index is 0.0367. The Labute approximate surface area is 736 Å². The van der Waals surface area contributed by atoms with Crippen LogP contribution in [0, 0.1) is 0 Å². The first kappa shape index (κ1) is 111. The van der Waals surface area contributed by atoms with Gasteiger partial charge in [-0.3, -0.25) is 77.6 Å². The Morgan fingerprint density at radius 2 is 0.484 bits per heavy atom. The molecule has 0 saturated carbocycles. The van der Waals surface area contributed by atoms with Gasteiger partial charge in [0.25, 0.3) is 0 Å². The molecule has 36 nitrogen and oxygen atoms in total. The van der Waals surface area contributed by atoms with Crippen LogP contribution in [0.4, 0.5) is 0 Å². The van der Waals surface area contributed by atoms with Gasteiger partial charge in [-0.1, -0.05) is 24.3 Å². The van der Waals surface area contributed by atoms with Crippen molar-refractivity contribution in [1.29, 1.82) is 0 Å². The molecule has 4 rings (SSSR count). The van der Waals surface area contributed by atoms with Crippen LogP contribution in [0.5, 0.6) is 11.5 Å². The van der Waals surface area contributed by atoms with Crippen molar-refractivity contribution in [2.75, 3.05) is 267 Å². The zero-order valence-corrected chi connectivity index (χ0v) is 77.7. The monoisotopic (exact) mass is 1770 g/mol. The van der Waals surface area contributed by atoms with Gasteiger partial charge < -0.3 is 95.8 Å². The highest BCUT2D eigenvalue weighted by molar-refractivity contribution is 5.79.